The van der Waals surface area contributed by atoms with Crippen molar-refractivity contribution in [3.8, 4) is 0 Å². The number of amidine groups is 1. The van der Waals surface area contributed by atoms with E-state index in [1.54, 1.807) is 12.3 Å². The lowest BCUT2D eigenvalue weighted by molar-refractivity contribution is 0.251. The van der Waals surface area contributed by atoms with E-state index in [0.29, 0.717) is 36.0 Å². The number of carbonyl (C=O) groups is 1. The molecule has 9 nitrogen and oxygen atoms in total. The van der Waals surface area contributed by atoms with Crippen LogP contribution in [0.5, 0.6) is 0 Å². The molecule has 2 aromatic heterocycles. The molecule has 0 fully saturated rings. The summed E-state index contributed by atoms with van der Waals surface area (Å²) in [6, 6.07) is 4.88. The third kappa shape index (κ3) is 4.82. The van der Waals surface area contributed by atoms with Crippen LogP contribution >= 0.6 is 0 Å². The van der Waals surface area contributed by atoms with Gasteiger partial charge in [0.1, 0.15) is 17.5 Å². The Morgan fingerprint density at radius 3 is 2.77 bits per heavy atom. The predicted molar refractivity (Wildman–Crippen MR) is 104 cm³/mol. The summed E-state index contributed by atoms with van der Waals surface area (Å²) in [6.45, 7) is 2.76. The van der Waals surface area contributed by atoms with Crippen molar-refractivity contribution in [3.63, 3.8) is 0 Å². The number of amides is 2. The maximum absolute atomic E-state index is 12.1. The van der Waals surface area contributed by atoms with Crippen LogP contribution in [0.4, 0.5) is 22.1 Å². The number of rotatable bonds is 6. The van der Waals surface area contributed by atoms with Crippen LogP contribution in [0.15, 0.2) is 35.6 Å². The molecule has 0 aromatic carbocycles. The summed E-state index contributed by atoms with van der Waals surface area (Å²) in [5.74, 6) is 1.44. The lowest BCUT2D eigenvalue weighted by Crippen LogP contribution is -2.29. The van der Waals surface area contributed by atoms with Crippen molar-refractivity contribution in [3.05, 3.63) is 41.7 Å². The van der Waals surface area contributed by atoms with Gasteiger partial charge >= 0.3 is 6.03 Å². The highest BCUT2D eigenvalue weighted by atomic mass is 16.2. The number of nitrogen functional groups attached to an aromatic ring is 1. The van der Waals surface area contributed by atoms with Crippen LogP contribution in [0, 0.1) is 0 Å². The van der Waals surface area contributed by atoms with Crippen LogP contribution in [0.25, 0.3) is 0 Å². The molecule has 0 saturated carbocycles. The minimum Gasteiger partial charge on any atom is -0.398 e. The van der Waals surface area contributed by atoms with Crippen molar-refractivity contribution in [1.82, 2.24) is 15.3 Å². The molecule has 2 aromatic rings. The normalized spacial score (nSPS) is 11.1. The van der Waals surface area contributed by atoms with Crippen LogP contribution in [0.3, 0.4) is 0 Å². The number of pyridine rings is 2. The van der Waals surface area contributed by atoms with E-state index in [-0.39, 0.29) is 0 Å². The largest absolute Gasteiger partial charge is 0.398 e. The highest BCUT2D eigenvalue weighted by Gasteiger charge is 2.10. The second kappa shape index (κ2) is 8.65. The van der Waals surface area contributed by atoms with Crippen LogP contribution in [0.1, 0.15) is 18.1 Å². The maximum Gasteiger partial charge on any atom is 0.320 e. The van der Waals surface area contributed by atoms with Gasteiger partial charge in [0.25, 0.3) is 0 Å². The zero-order valence-electron chi connectivity index (χ0n) is 15.2. The molecule has 0 radical (unpaired) electrons. The molecule has 2 heterocycles. The molecule has 138 valence electrons. The maximum atomic E-state index is 12.1. The number of anilines is 3. The van der Waals surface area contributed by atoms with Gasteiger partial charge in [0.2, 0.25) is 0 Å². The number of aromatic nitrogens is 2. The summed E-state index contributed by atoms with van der Waals surface area (Å²) in [4.78, 5) is 26.5. The van der Waals surface area contributed by atoms with Crippen molar-refractivity contribution in [2.24, 2.45) is 10.7 Å². The summed E-state index contributed by atoms with van der Waals surface area (Å²) in [5, 5.41) is 5.42. The summed E-state index contributed by atoms with van der Waals surface area (Å²) < 4.78 is 0. The quantitative estimate of drug-likeness (QED) is 0.453. The van der Waals surface area contributed by atoms with Crippen molar-refractivity contribution < 1.29 is 4.79 Å². The molecule has 0 bridgehead atoms. The van der Waals surface area contributed by atoms with E-state index in [0.717, 1.165) is 11.4 Å². The first kappa shape index (κ1) is 19.0. The molecule has 0 unspecified atom stereocenters. The Kier molecular flexibility index (Phi) is 6.31. The van der Waals surface area contributed by atoms with Crippen molar-refractivity contribution >= 4 is 29.2 Å². The Hall–Kier alpha value is -3.36. The Labute approximate surface area is 152 Å². The molecule has 0 spiro atoms. The highest BCUT2D eigenvalue weighted by Crippen LogP contribution is 2.16. The van der Waals surface area contributed by atoms with E-state index >= 15 is 0 Å². The van der Waals surface area contributed by atoms with Gasteiger partial charge in [0, 0.05) is 56.9 Å². The summed E-state index contributed by atoms with van der Waals surface area (Å²) in [5.41, 5.74) is 13.6. The minimum atomic E-state index is -0.395. The van der Waals surface area contributed by atoms with Crippen LogP contribution < -0.4 is 27.0 Å². The predicted octanol–water partition coefficient (Wildman–Crippen LogP) is 1.17. The fraction of sp³-hybridized carbons (Fsp3) is 0.294. The van der Waals surface area contributed by atoms with E-state index < -0.39 is 6.03 Å². The molecular weight excluding hydrogens is 332 g/mol. The first-order valence-electron chi connectivity index (χ1n) is 8.14. The van der Waals surface area contributed by atoms with Gasteiger partial charge in [0.05, 0.1) is 5.56 Å². The topological polar surface area (TPSA) is 135 Å². The van der Waals surface area contributed by atoms with Gasteiger partial charge in [-0.25, -0.2) is 14.8 Å². The van der Waals surface area contributed by atoms with E-state index in [4.69, 9.17) is 11.5 Å². The van der Waals surface area contributed by atoms with Crippen molar-refractivity contribution in [1.29, 1.82) is 0 Å². The Morgan fingerprint density at radius 1 is 1.35 bits per heavy atom. The van der Waals surface area contributed by atoms with E-state index in [1.807, 2.05) is 38.1 Å². The molecule has 0 aliphatic carbocycles. The third-order valence-electron chi connectivity index (χ3n) is 3.51. The minimum absolute atomic E-state index is 0.321. The number of aliphatic imine (C=N–C) groups is 1. The Bertz CT molecular complexity index is 803. The van der Waals surface area contributed by atoms with Gasteiger partial charge in [-0.05, 0) is 13.0 Å². The number of hydrogen-bond acceptors (Lipinski definition) is 6. The van der Waals surface area contributed by atoms with Gasteiger partial charge in [-0.3, -0.25) is 10.3 Å². The SMILES string of the molecule is CCN=C(N)c1cnc(NC(=O)NCc2cccnc2N(C)C)cc1N. The highest BCUT2D eigenvalue weighted by molar-refractivity contribution is 6.02. The van der Waals surface area contributed by atoms with E-state index in [1.165, 1.54) is 6.20 Å². The van der Waals surface area contributed by atoms with Crippen LogP contribution in [-0.4, -0.2) is 42.5 Å². The first-order chi connectivity index (χ1) is 12.4. The monoisotopic (exact) mass is 356 g/mol. The van der Waals surface area contributed by atoms with Crippen LogP contribution in [-0.2, 0) is 6.54 Å². The fourth-order valence-corrected chi connectivity index (χ4v) is 2.32. The zero-order valence-corrected chi connectivity index (χ0v) is 15.2. The molecular formula is C17H24N8O. The second-order valence-electron chi connectivity index (χ2n) is 5.70. The lowest BCUT2D eigenvalue weighted by Gasteiger charge is -2.16. The standard InChI is InChI=1S/C17H24N8O/c1-4-20-15(19)12-10-22-14(8-13(12)18)24-17(26)23-9-11-6-5-7-21-16(11)25(2)3/h5-8,10H,4,9H2,1-3H3,(H2,19,20)(H4,18,22,23,24,26). The molecule has 0 atom stereocenters. The van der Waals surface area contributed by atoms with E-state index in [9.17, 15) is 4.79 Å². The van der Waals surface area contributed by atoms with Crippen LogP contribution in [0.2, 0.25) is 0 Å². The second-order valence-corrected chi connectivity index (χ2v) is 5.70. The third-order valence-corrected chi connectivity index (χ3v) is 3.51. The summed E-state index contributed by atoms with van der Waals surface area (Å²) >= 11 is 0. The van der Waals surface area contributed by atoms with Crippen molar-refractivity contribution in [2.45, 2.75) is 13.5 Å². The van der Waals surface area contributed by atoms with Gasteiger partial charge in [-0.15, -0.1) is 0 Å². The summed E-state index contributed by atoms with van der Waals surface area (Å²) in [6.07, 6.45) is 3.20. The Morgan fingerprint density at radius 2 is 2.12 bits per heavy atom. The smallest absolute Gasteiger partial charge is 0.320 e. The Balaban J connectivity index is 2.00. The molecule has 0 aliphatic heterocycles. The van der Waals surface area contributed by atoms with Crippen molar-refractivity contribution in [2.75, 3.05) is 36.6 Å². The summed E-state index contributed by atoms with van der Waals surface area (Å²) in [7, 11) is 3.79. The number of urea groups is 1. The number of hydrogen-bond donors (Lipinski definition) is 4. The number of carbonyl (C=O) groups excluding carboxylic acids is 1. The average Bonchev–Trinajstić information content (AvgIpc) is 2.60. The van der Waals surface area contributed by atoms with E-state index in [2.05, 4.69) is 25.6 Å². The zero-order chi connectivity index (χ0) is 19.1. The molecule has 2 rings (SSSR count). The molecule has 9 heteroatoms. The average molecular weight is 356 g/mol. The van der Waals surface area contributed by atoms with Gasteiger partial charge in [-0.2, -0.15) is 0 Å². The lowest BCUT2D eigenvalue weighted by atomic mass is 10.2. The van der Waals surface area contributed by atoms with Gasteiger partial charge in [-0.1, -0.05) is 6.07 Å². The number of nitrogens with zero attached hydrogens (tertiary/aromatic N) is 4. The molecule has 26 heavy (non-hydrogen) atoms. The molecule has 2 amide bonds. The molecule has 0 aliphatic rings. The van der Waals surface area contributed by atoms with Gasteiger partial charge in [0.15, 0.2) is 0 Å². The number of nitrogens with one attached hydrogen (secondary N) is 2. The molecule has 6 N–H and O–H groups in total. The first-order valence-corrected chi connectivity index (χ1v) is 8.14. The number of nitrogens with two attached hydrogens (primary N) is 2. The molecule has 0 saturated heterocycles. The van der Waals surface area contributed by atoms with Gasteiger partial charge < -0.3 is 21.7 Å². The fourth-order valence-electron chi connectivity index (χ4n) is 2.32.